The van der Waals surface area contributed by atoms with Gasteiger partial charge in [0.05, 0.1) is 12.0 Å². The maximum absolute atomic E-state index is 12.7. The summed E-state index contributed by atoms with van der Waals surface area (Å²) in [5.41, 5.74) is 5.65. The normalized spacial score (nSPS) is 14.8. The number of unbranched alkanes of at least 4 members (excludes halogenated alkanes) is 23. The van der Waals surface area contributed by atoms with Crippen LogP contribution in [0.1, 0.15) is 187 Å². The van der Waals surface area contributed by atoms with Crippen molar-refractivity contribution in [1.82, 2.24) is 0 Å². The third-order valence-corrected chi connectivity index (χ3v) is 8.37. The Morgan fingerprint density at radius 2 is 0.769 bits per heavy atom. The smallest absolute Gasteiger partial charge is 0.170 e. The molecule has 4 atom stereocenters. The van der Waals surface area contributed by atoms with Gasteiger partial charge in [0.1, 0.15) is 12.3 Å². The minimum absolute atomic E-state index is 0.380. The molecule has 234 valence electrons. The van der Waals surface area contributed by atoms with Gasteiger partial charge >= 0.3 is 0 Å². The molecule has 39 heavy (non-hydrogen) atoms. The fourth-order valence-electron chi connectivity index (χ4n) is 5.68. The predicted octanol–water partition coefficient (Wildman–Crippen LogP) is 8.74. The van der Waals surface area contributed by atoms with E-state index in [1.165, 1.54) is 122 Å². The standard InChI is InChI=1S/C34H69NO4/c1-3-5-7-9-11-13-15-17-19-20-22-24-26-28-30(36)32(34(35)39)33(38)31(37)29-27-25-23-21-18-16-14-12-10-8-6-4-2/h30-32,34,36-37,39H,3-29,35H2,1-2H3/t30-,31?,32-,34?/m1/s1. The molecular formula is C34H69NO4. The fraction of sp³-hybridized carbons (Fsp3) is 0.971. The van der Waals surface area contributed by atoms with Crippen molar-refractivity contribution in [2.75, 3.05) is 0 Å². The monoisotopic (exact) mass is 556 g/mol. The van der Waals surface area contributed by atoms with E-state index in [1.807, 2.05) is 0 Å². The van der Waals surface area contributed by atoms with Crippen LogP contribution in [0.25, 0.3) is 0 Å². The summed E-state index contributed by atoms with van der Waals surface area (Å²) >= 11 is 0. The van der Waals surface area contributed by atoms with Crippen LogP contribution in [0.3, 0.4) is 0 Å². The molecule has 5 nitrogen and oxygen atoms in total. The van der Waals surface area contributed by atoms with Crippen LogP contribution in [0.5, 0.6) is 0 Å². The molecule has 0 aromatic rings. The number of hydrogen-bond donors (Lipinski definition) is 4. The molecule has 0 rings (SSSR count). The SMILES string of the molecule is CCCCCCCCCCCCCCC[C@@H](O)[C@H](C(=O)C(O)CCCCCCCCCCCCCC)C(N)O. The lowest BCUT2D eigenvalue weighted by Crippen LogP contribution is -2.47. The minimum atomic E-state index is -1.44. The van der Waals surface area contributed by atoms with E-state index >= 15 is 0 Å². The molecule has 0 saturated heterocycles. The van der Waals surface area contributed by atoms with Crippen LogP contribution in [0.15, 0.2) is 0 Å². The van der Waals surface area contributed by atoms with Crippen LogP contribution in [0.4, 0.5) is 0 Å². The van der Waals surface area contributed by atoms with Crippen LogP contribution < -0.4 is 5.73 Å². The highest BCUT2D eigenvalue weighted by Crippen LogP contribution is 2.20. The Morgan fingerprint density at radius 1 is 0.487 bits per heavy atom. The van der Waals surface area contributed by atoms with E-state index in [9.17, 15) is 20.1 Å². The van der Waals surface area contributed by atoms with Gasteiger partial charge in [0, 0.05) is 0 Å². The van der Waals surface area contributed by atoms with Crippen LogP contribution in [0.2, 0.25) is 0 Å². The summed E-state index contributed by atoms with van der Waals surface area (Å²) < 4.78 is 0. The zero-order valence-electron chi connectivity index (χ0n) is 26.2. The van der Waals surface area contributed by atoms with E-state index in [0.717, 1.165) is 38.5 Å². The fourth-order valence-corrected chi connectivity index (χ4v) is 5.68. The van der Waals surface area contributed by atoms with Crippen molar-refractivity contribution >= 4 is 5.78 Å². The Bertz CT molecular complexity index is 513. The minimum Gasteiger partial charge on any atom is -0.392 e. The van der Waals surface area contributed by atoms with Crippen LogP contribution >= 0.6 is 0 Å². The molecule has 0 heterocycles. The number of carbonyl (C=O) groups is 1. The van der Waals surface area contributed by atoms with E-state index in [-0.39, 0.29) is 0 Å². The molecule has 0 aromatic heterocycles. The summed E-state index contributed by atoms with van der Waals surface area (Å²) in [6.07, 6.45) is 28.3. The number of hydrogen-bond acceptors (Lipinski definition) is 5. The molecule has 0 aliphatic heterocycles. The van der Waals surface area contributed by atoms with Crippen LogP contribution in [0, 0.1) is 5.92 Å². The molecule has 0 aliphatic rings. The zero-order valence-corrected chi connectivity index (χ0v) is 26.2. The number of carbonyl (C=O) groups excluding carboxylic acids is 1. The largest absolute Gasteiger partial charge is 0.392 e. The summed E-state index contributed by atoms with van der Waals surface area (Å²) in [7, 11) is 0. The second kappa shape index (κ2) is 29.0. The summed E-state index contributed by atoms with van der Waals surface area (Å²) in [6, 6.07) is 0. The highest BCUT2D eigenvalue weighted by molar-refractivity contribution is 5.86. The first-order chi connectivity index (χ1) is 19.0. The number of aliphatic hydroxyl groups is 3. The number of Topliss-reactive ketones (excluding diaryl/α,β-unsaturated/α-hetero) is 1. The van der Waals surface area contributed by atoms with E-state index in [0.29, 0.717) is 12.8 Å². The first-order valence-electron chi connectivity index (χ1n) is 17.3. The molecule has 0 bridgehead atoms. The van der Waals surface area contributed by atoms with Gasteiger partial charge in [0.25, 0.3) is 0 Å². The Balaban J connectivity index is 3.85. The average molecular weight is 556 g/mol. The number of aliphatic hydroxyl groups excluding tert-OH is 3. The number of ketones is 1. The third kappa shape index (κ3) is 23.9. The molecule has 0 amide bonds. The Kier molecular flexibility index (Phi) is 28.7. The van der Waals surface area contributed by atoms with Gasteiger partial charge < -0.3 is 21.1 Å². The summed E-state index contributed by atoms with van der Waals surface area (Å²) in [4.78, 5) is 12.7. The molecule has 5 heteroatoms. The second-order valence-electron chi connectivity index (χ2n) is 12.2. The number of rotatable bonds is 31. The van der Waals surface area contributed by atoms with Gasteiger partial charge in [-0.25, -0.2) is 0 Å². The molecular weight excluding hydrogens is 486 g/mol. The Morgan fingerprint density at radius 3 is 1.08 bits per heavy atom. The predicted molar refractivity (Wildman–Crippen MR) is 167 cm³/mol. The Labute approximate surface area is 243 Å². The van der Waals surface area contributed by atoms with Crippen molar-refractivity contribution in [3.63, 3.8) is 0 Å². The molecule has 0 saturated carbocycles. The van der Waals surface area contributed by atoms with Crippen LogP contribution in [-0.4, -0.2) is 39.5 Å². The van der Waals surface area contributed by atoms with Gasteiger partial charge in [-0.2, -0.15) is 0 Å². The van der Waals surface area contributed by atoms with Gasteiger partial charge in [0.15, 0.2) is 5.78 Å². The van der Waals surface area contributed by atoms with Crippen molar-refractivity contribution in [2.45, 2.75) is 206 Å². The molecule has 0 aliphatic carbocycles. The highest BCUT2D eigenvalue weighted by atomic mass is 16.3. The molecule has 0 fully saturated rings. The zero-order chi connectivity index (χ0) is 29.0. The third-order valence-electron chi connectivity index (χ3n) is 8.37. The highest BCUT2D eigenvalue weighted by Gasteiger charge is 2.34. The van der Waals surface area contributed by atoms with Crippen molar-refractivity contribution in [1.29, 1.82) is 0 Å². The lowest BCUT2D eigenvalue weighted by Gasteiger charge is -2.26. The first-order valence-corrected chi connectivity index (χ1v) is 17.3. The van der Waals surface area contributed by atoms with Crippen molar-refractivity contribution in [3.8, 4) is 0 Å². The maximum atomic E-state index is 12.7. The van der Waals surface area contributed by atoms with Gasteiger partial charge in [-0.3, -0.25) is 4.79 Å². The quantitative estimate of drug-likeness (QED) is 0.0506. The summed E-state index contributed by atoms with van der Waals surface area (Å²) in [5, 5.41) is 30.9. The maximum Gasteiger partial charge on any atom is 0.170 e. The average Bonchev–Trinajstić information content (AvgIpc) is 2.91. The van der Waals surface area contributed by atoms with Gasteiger partial charge in [-0.05, 0) is 12.8 Å². The van der Waals surface area contributed by atoms with Gasteiger partial charge in [-0.15, -0.1) is 0 Å². The van der Waals surface area contributed by atoms with Crippen molar-refractivity contribution in [2.24, 2.45) is 11.7 Å². The molecule has 0 aromatic carbocycles. The molecule has 0 radical (unpaired) electrons. The van der Waals surface area contributed by atoms with Crippen LogP contribution in [-0.2, 0) is 4.79 Å². The van der Waals surface area contributed by atoms with E-state index < -0.39 is 30.1 Å². The summed E-state index contributed by atoms with van der Waals surface area (Å²) in [5.74, 6) is -1.61. The topological polar surface area (TPSA) is 104 Å². The van der Waals surface area contributed by atoms with Crippen molar-refractivity contribution < 1.29 is 20.1 Å². The molecule has 0 spiro atoms. The summed E-state index contributed by atoms with van der Waals surface area (Å²) in [6.45, 7) is 4.51. The molecule has 5 N–H and O–H groups in total. The van der Waals surface area contributed by atoms with E-state index in [1.54, 1.807) is 0 Å². The lowest BCUT2D eigenvalue weighted by atomic mass is 9.87. The Hall–Kier alpha value is -0.490. The second-order valence-corrected chi connectivity index (χ2v) is 12.2. The first kappa shape index (κ1) is 38.5. The lowest BCUT2D eigenvalue weighted by molar-refractivity contribution is -0.140. The number of nitrogens with two attached hydrogens (primary N) is 1. The van der Waals surface area contributed by atoms with Gasteiger partial charge in [0.2, 0.25) is 0 Å². The van der Waals surface area contributed by atoms with Gasteiger partial charge in [-0.1, -0.05) is 174 Å². The van der Waals surface area contributed by atoms with E-state index in [4.69, 9.17) is 5.73 Å². The molecule has 2 unspecified atom stereocenters. The van der Waals surface area contributed by atoms with Crippen molar-refractivity contribution in [3.05, 3.63) is 0 Å². The van der Waals surface area contributed by atoms with E-state index in [2.05, 4.69) is 13.8 Å².